The summed E-state index contributed by atoms with van der Waals surface area (Å²) in [6.07, 6.45) is 0.869. The molecular weight excluding hydrogens is 245 g/mol. The van der Waals surface area contributed by atoms with Crippen LogP contribution in [0.3, 0.4) is 0 Å². The van der Waals surface area contributed by atoms with Crippen LogP contribution in [0.1, 0.15) is 18.9 Å². The second kappa shape index (κ2) is 3.88. The quantitative estimate of drug-likeness (QED) is 0.877. The molecule has 0 amide bonds. The molecule has 0 aliphatic heterocycles. The van der Waals surface area contributed by atoms with Crippen molar-refractivity contribution in [1.82, 2.24) is 0 Å². The van der Waals surface area contributed by atoms with Gasteiger partial charge in [0, 0.05) is 27.4 Å². The van der Waals surface area contributed by atoms with Crippen LogP contribution in [-0.2, 0) is 5.41 Å². The van der Waals surface area contributed by atoms with E-state index in [4.69, 9.17) is 28.9 Å². The lowest BCUT2D eigenvalue weighted by Gasteiger charge is -2.20. The van der Waals surface area contributed by atoms with Gasteiger partial charge in [0.2, 0.25) is 0 Å². The second-order valence-electron chi connectivity index (χ2n) is 4.78. The lowest BCUT2D eigenvalue weighted by Crippen LogP contribution is -2.28. The number of nitrogens with two attached hydrogens (primary N) is 1. The maximum Gasteiger partial charge on any atom is 0.0508 e. The fraction of sp³-hybridized carbons (Fsp3) is 0.500. The number of hydrogen-bond donors (Lipinski definition) is 2. The highest BCUT2D eigenvalue weighted by atomic mass is 35.5. The summed E-state index contributed by atoms with van der Waals surface area (Å²) >= 11 is 12.1. The van der Waals surface area contributed by atoms with Gasteiger partial charge >= 0.3 is 0 Å². The number of aliphatic hydroxyl groups is 1. The van der Waals surface area contributed by atoms with E-state index >= 15 is 0 Å². The van der Waals surface area contributed by atoms with Crippen molar-refractivity contribution >= 4 is 23.2 Å². The number of halogens is 2. The van der Waals surface area contributed by atoms with Crippen molar-refractivity contribution in [3.05, 3.63) is 33.8 Å². The highest BCUT2D eigenvalue weighted by Crippen LogP contribution is 2.64. The van der Waals surface area contributed by atoms with E-state index in [9.17, 15) is 5.11 Å². The Morgan fingerprint density at radius 2 is 2.12 bits per heavy atom. The third kappa shape index (κ3) is 1.56. The number of benzene rings is 1. The lowest BCUT2D eigenvalue weighted by molar-refractivity contribution is 0.198. The molecular formula is C12H15Cl2NO. The Hall–Kier alpha value is -0.280. The molecule has 2 unspecified atom stereocenters. The van der Waals surface area contributed by atoms with E-state index in [-0.39, 0.29) is 17.4 Å². The smallest absolute Gasteiger partial charge is 0.0508 e. The average molecular weight is 260 g/mol. The molecule has 1 saturated carbocycles. The topological polar surface area (TPSA) is 46.2 Å². The summed E-state index contributed by atoms with van der Waals surface area (Å²) in [5, 5.41) is 10.7. The minimum atomic E-state index is -0.218. The van der Waals surface area contributed by atoms with Crippen molar-refractivity contribution in [2.45, 2.75) is 18.8 Å². The lowest BCUT2D eigenvalue weighted by atomic mass is 9.88. The van der Waals surface area contributed by atoms with Crippen LogP contribution in [0.15, 0.2) is 18.2 Å². The van der Waals surface area contributed by atoms with Gasteiger partial charge in [0.15, 0.2) is 0 Å². The highest BCUT2D eigenvalue weighted by molar-refractivity contribution is 6.35. The van der Waals surface area contributed by atoms with E-state index in [2.05, 4.69) is 6.92 Å². The molecule has 0 spiro atoms. The van der Waals surface area contributed by atoms with Gasteiger partial charge in [-0.1, -0.05) is 36.2 Å². The molecule has 1 aliphatic carbocycles. The fourth-order valence-corrected chi connectivity index (χ4v) is 3.16. The zero-order chi connectivity index (χ0) is 12.0. The molecule has 0 radical (unpaired) electrons. The summed E-state index contributed by atoms with van der Waals surface area (Å²) < 4.78 is 0. The molecule has 2 atom stereocenters. The van der Waals surface area contributed by atoms with Gasteiger partial charge in [-0.05, 0) is 24.1 Å². The zero-order valence-corrected chi connectivity index (χ0v) is 10.6. The summed E-state index contributed by atoms with van der Waals surface area (Å²) in [6.45, 7) is 2.66. The predicted molar refractivity (Wildman–Crippen MR) is 67.0 cm³/mol. The first-order valence-corrected chi connectivity index (χ1v) is 6.01. The molecule has 1 fully saturated rings. The molecule has 4 heteroatoms. The predicted octanol–water partition coefficient (Wildman–Crippen LogP) is 2.59. The van der Waals surface area contributed by atoms with Crippen LogP contribution in [0, 0.1) is 5.41 Å². The van der Waals surface area contributed by atoms with Crippen LogP contribution in [0.25, 0.3) is 0 Å². The van der Waals surface area contributed by atoms with Crippen molar-refractivity contribution in [3.63, 3.8) is 0 Å². The molecule has 2 nitrogen and oxygen atoms in total. The van der Waals surface area contributed by atoms with Gasteiger partial charge in [0.1, 0.15) is 0 Å². The van der Waals surface area contributed by atoms with E-state index in [1.807, 2.05) is 12.1 Å². The summed E-state index contributed by atoms with van der Waals surface area (Å²) in [5.41, 5.74) is 6.42. The van der Waals surface area contributed by atoms with E-state index in [0.717, 1.165) is 12.0 Å². The third-order valence-corrected chi connectivity index (χ3v) is 4.50. The normalized spacial score (nSPS) is 32.8. The molecule has 0 saturated heterocycles. The summed E-state index contributed by atoms with van der Waals surface area (Å²) in [5.74, 6) is 0. The van der Waals surface area contributed by atoms with Crippen molar-refractivity contribution < 1.29 is 5.11 Å². The van der Waals surface area contributed by atoms with Crippen molar-refractivity contribution in [2.75, 3.05) is 13.2 Å². The zero-order valence-electron chi connectivity index (χ0n) is 9.13. The Morgan fingerprint density at radius 3 is 2.56 bits per heavy atom. The Bertz CT molecular complexity index is 417. The fourth-order valence-electron chi connectivity index (χ4n) is 2.54. The first-order chi connectivity index (χ1) is 7.49. The van der Waals surface area contributed by atoms with Gasteiger partial charge in [-0.3, -0.25) is 0 Å². The van der Waals surface area contributed by atoms with E-state index in [1.54, 1.807) is 6.07 Å². The Balaban J connectivity index is 2.40. The maximum absolute atomic E-state index is 9.45. The molecule has 2 rings (SSSR count). The van der Waals surface area contributed by atoms with Crippen molar-refractivity contribution in [2.24, 2.45) is 11.1 Å². The molecule has 16 heavy (non-hydrogen) atoms. The number of rotatable bonds is 3. The van der Waals surface area contributed by atoms with Crippen LogP contribution in [0.5, 0.6) is 0 Å². The maximum atomic E-state index is 9.45. The first kappa shape index (κ1) is 12.2. The average Bonchev–Trinajstić information content (AvgIpc) is 2.85. The SMILES string of the molecule is CC1(c2ccc(Cl)cc2Cl)CC1(CN)CO. The second-order valence-corrected chi connectivity index (χ2v) is 5.62. The van der Waals surface area contributed by atoms with Gasteiger partial charge < -0.3 is 10.8 Å². The first-order valence-electron chi connectivity index (χ1n) is 5.25. The van der Waals surface area contributed by atoms with Crippen molar-refractivity contribution in [3.8, 4) is 0 Å². The molecule has 0 bridgehead atoms. The molecule has 1 aromatic carbocycles. The van der Waals surface area contributed by atoms with Crippen LogP contribution in [0.2, 0.25) is 10.0 Å². The number of aliphatic hydroxyl groups excluding tert-OH is 1. The standard InChI is InChI=1S/C12H15Cl2NO/c1-11(5-12(11,6-15)7-16)9-3-2-8(13)4-10(9)14/h2-4,16H,5-7,15H2,1H3. The largest absolute Gasteiger partial charge is 0.396 e. The van der Waals surface area contributed by atoms with E-state index < -0.39 is 0 Å². The minimum Gasteiger partial charge on any atom is -0.396 e. The Morgan fingerprint density at radius 1 is 1.44 bits per heavy atom. The third-order valence-electron chi connectivity index (χ3n) is 3.96. The Kier molecular flexibility index (Phi) is 2.96. The summed E-state index contributed by atoms with van der Waals surface area (Å²) in [4.78, 5) is 0. The highest BCUT2D eigenvalue weighted by Gasteiger charge is 2.64. The van der Waals surface area contributed by atoms with Crippen LogP contribution in [-0.4, -0.2) is 18.3 Å². The summed E-state index contributed by atoms with van der Waals surface area (Å²) in [7, 11) is 0. The van der Waals surface area contributed by atoms with Gasteiger partial charge in [0.05, 0.1) is 6.61 Å². The Labute approximate surface area is 105 Å². The van der Waals surface area contributed by atoms with E-state index in [0.29, 0.717) is 16.6 Å². The number of hydrogen-bond acceptors (Lipinski definition) is 2. The van der Waals surface area contributed by atoms with Gasteiger partial charge in [-0.2, -0.15) is 0 Å². The van der Waals surface area contributed by atoms with Crippen LogP contribution >= 0.6 is 23.2 Å². The van der Waals surface area contributed by atoms with E-state index in [1.165, 1.54) is 0 Å². The van der Waals surface area contributed by atoms with Crippen LogP contribution < -0.4 is 5.73 Å². The molecule has 0 aromatic heterocycles. The van der Waals surface area contributed by atoms with Crippen molar-refractivity contribution in [1.29, 1.82) is 0 Å². The molecule has 3 N–H and O–H groups in total. The molecule has 1 aliphatic rings. The summed E-state index contributed by atoms with van der Waals surface area (Å²) in [6, 6.07) is 5.49. The van der Waals surface area contributed by atoms with Gasteiger partial charge in [-0.25, -0.2) is 0 Å². The molecule has 0 heterocycles. The van der Waals surface area contributed by atoms with Gasteiger partial charge in [-0.15, -0.1) is 0 Å². The van der Waals surface area contributed by atoms with Crippen LogP contribution in [0.4, 0.5) is 0 Å². The molecule has 88 valence electrons. The minimum absolute atomic E-state index is 0.0962. The molecule has 1 aromatic rings. The monoisotopic (exact) mass is 259 g/mol. The van der Waals surface area contributed by atoms with Gasteiger partial charge in [0.25, 0.3) is 0 Å².